The molecule has 3 atom stereocenters. The van der Waals surface area contributed by atoms with Gasteiger partial charge in [0.15, 0.2) is 23.1 Å². The molecule has 4 aromatic rings. The highest BCUT2D eigenvalue weighted by Crippen LogP contribution is 2.62. The molecule has 0 amide bonds. The molecule has 4 aromatic carbocycles. The zero-order valence-electron chi connectivity index (χ0n) is 22.5. The fourth-order valence-corrected chi connectivity index (χ4v) is 7.06. The normalized spacial score (nSPS) is 21.2. The molecule has 0 aromatic heterocycles. The largest absolute Gasteiger partial charge is 0.424 e. The molecule has 1 fully saturated rings. The summed E-state index contributed by atoms with van der Waals surface area (Å²) in [6, 6.07) is 24.1. The molecule has 42 heavy (non-hydrogen) atoms. The van der Waals surface area contributed by atoms with E-state index >= 15 is 4.39 Å². The average molecular weight is 558 g/mol. The summed E-state index contributed by atoms with van der Waals surface area (Å²) in [7, 11) is 0. The van der Waals surface area contributed by atoms with E-state index < -0.39 is 46.8 Å². The fraction of sp³-hybridized carbons (Fsp3) is 0.143. The quantitative estimate of drug-likeness (QED) is 0.131. The molecule has 7 rings (SSSR count). The van der Waals surface area contributed by atoms with Crippen LogP contribution in [0.1, 0.15) is 55.0 Å². The number of benzene rings is 4. The van der Waals surface area contributed by atoms with Crippen LogP contribution in [-0.4, -0.2) is 35.4 Å². The lowest BCUT2D eigenvalue weighted by molar-refractivity contribution is -0.131. The molecular formula is C35H24FNO5. The number of ether oxygens (including phenoxy) is 1. The van der Waals surface area contributed by atoms with Crippen molar-refractivity contribution in [1.29, 1.82) is 0 Å². The maximum atomic E-state index is 15.9. The monoisotopic (exact) mass is 557 g/mol. The second-order valence-corrected chi connectivity index (χ2v) is 10.7. The molecular weight excluding hydrogens is 533 g/mol. The zero-order valence-corrected chi connectivity index (χ0v) is 22.5. The lowest BCUT2D eigenvalue weighted by atomic mass is 9.64. The van der Waals surface area contributed by atoms with E-state index in [1.165, 1.54) is 25.1 Å². The molecule has 206 valence electrons. The highest BCUT2D eigenvalue weighted by molar-refractivity contribution is 6.32. The van der Waals surface area contributed by atoms with Crippen molar-refractivity contribution in [2.75, 3.05) is 4.90 Å². The SMILES string of the molecule is CC(=O)Oc1cccc2c1N1[C@H](C(=O)c3ccccc3)[C@@H](c3ccccc3F)C3(C(=O)c4ccccc4C3=O)[C@@H]1C=C2. The van der Waals surface area contributed by atoms with E-state index in [0.29, 0.717) is 16.8 Å². The van der Waals surface area contributed by atoms with Crippen molar-refractivity contribution < 1.29 is 28.3 Å². The summed E-state index contributed by atoms with van der Waals surface area (Å²) in [5.41, 5.74) is 0.0816. The predicted molar refractivity (Wildman–Crippen MR) is 154 cm³/mol. The van der Waals surface area contributed by atoms with Gasteiger partial charge in [0.05, 0.1) is 11.7 Å². The molecule has 2 heterocycles. The van der Waals surface area contributed by atoms with Crippen molar-refractivity contribution in [3.05, 3.63) is 137 Å². The van der Waals surface area contributed by atoms with Crippen LogP contribution < -0.4 is 9.64 Å². The van der Waals surface area contributed by atoms with Gasteiger partial charge >= 0.3 is 5.97 Å². The Morgan fingerprint density at radius 2 is 1.45 bits per heavy atom. The van der Waals surface area contributed by atoms with Crippen LogP contribution in [0.15, 0.2) is 103 Å². The molecule has 0 N–H and O–H groups in total. The van der Waals surface area contributed by atoms with E-state index in [4.69, 9.17) is 4.74 Å². The summed E-state index contributed by atoms with van der Waals surface area (Å²) in [6.45, 7) is 1.27. The maximum Gasteiger partial charge on any atom is 0.308 e. The van der Waals surface area contributed by atoms with Gasteiger partial charge in [0.1, 0.15) is 17.3 Å². The first-order valence-electron chi connectivity index (χ1n) is 13.7. The topological polar surface area (TPSA) is 80.8 Å². The van der Waals surface area contributed by atoms with E-state index in [0.717, 1.165) is 0 Å². The Hall–Kier alpha value is -5.17. The number of hydrogen-bond acceptors (Lipinski definition) is 6. The minimum Gasteiger partial charge on any atom is -0.424 e. The summed E-state index contributed by atoms with van der Waals surface area (Å²) in [6.07, 6.45) is 3.51. The number of hydrogen-bond donors (Lipinski definition) is 0. The summed E-state index contributed by atoms with van der Waals surface area (Å²) in [5.74, 6) is -3.53. The summed E-state index contributed by atoms with van der Waals surface area (Å²) in [4.78, 5) is 57.9. The van der Waals surface area contributed by atoms with E-state index in [2.05, 4.69) is 0 Å². The predicted octanol–water partition coefficient (Wildman–Crippen LogP) is 6.07. The molecule has 1 spiro atoms. The number of nitrogens with zero attached hydrogens (tertiary/aromatic N) is 1. The summed E-state index contributed by atoms with van der Waals surface area (Å²) >= 11 is 0. The Bertz CT molecular complexity index is 1810. The molecule has 0 radical (unpaired) electrons. The molecule has 6 nitrogen and oxygen atoms in total. The van der Waals surface area contributed by atoms with Gasteiger partial charge in [0.25, 0.3) is 0 Å². The van der Waals surface area contributed by atoms with Gasteiger partial charge in [-0.25, -0.2) is 4.39 Å². The summed E-state index contributed by atoms with van der Waals surface area (Å²) < 4.78 is 21.5. The number of esters is 1. The first kappa shape index (κ1) is 25.8. The number of fused-ring (bicyclic) bond motifs is 5. The Morgan fingerprint density at radius 3 is 2.12 bits per heavy atom. The van der Waals surface area contributed by atoms with Gasteiger partial charge in [-0.3, -0.25) is 19.2 Å². The minimum atomic E-state index is -1.86. The van der Waals surface area contributed by atoms with Gasteiger partial charge < -0.3 is 9.64 Å². The average Bonchev–Trinajstić information content (AvgIpc) is 3.43. The number of ketones is 3. The molecule has 3 aliphatic rings. The lowest BCUT2D eigenvalue weighted by Crippen LogP contribution is -2.48. The van der Waals surface area contributed by atoms with Gasteiger partial charge in [0, 0.05) is 35.1 Å². The van der Waals surface area contributed by atoms with Crippen molar-refractivity contribution in [3.8, 4) is 5.75 Å². The van der Waals surface area contributed by atoms with Gasteiger partial charge in [-0.05, 0) is 17.7 Å². The van der Waals surface area contributed by atoms with Crippen molar-refractivity contribution in [2.45, 2.75) is 24.9 Å². The van der Waals surface area contributed by atoms with Crippen LogP contribution in [0.5, 0.6) is 5.75 Å². The Morgan fingerprint density at radius 1 is 0.810 bits per heavy atom. The Balaban J connectivity index is 1.58. The second-order valence-electron chi connectivity index (χ2n) is 10.7. The Kier molecular flexibility index (Phi) is 5.80. The van der Waals surface area contributed by atoms with Crippen LogP contribution in [-0.2, 0) is 4.79 Å². The lowest BCUT2D eigenvalue weighted by Gasteiger charge is -2.37. The second kappa shape index (κ2) is 9.45. The van der Waals surface area contributed by atoms with Crippen LogP contribution in [0.2, 0.25) is 0 Å². The molecule has 7 heteroatoms. The molecule has 1 saturated heterocycles. The van der Waals surface area contributed by atoms with Crippen molar-refractivity contribution >= 4 is 35.1 Å². The number of Topliss-reactive ketones (excluding diaryl/α,β-unsaturated/α-hetero) is 3. The van der Waals surface area contributed by atoms with Crippen LogP contribution in [0, 0.1) is 11.2 Å². The molecule has 1 aliphatic carbocycles. The molecule has 0 unspecified atom stereocenters. The zero-order chi connectivity index (χ0) is 29.2. The third kappa shape index (κ3) is 3.43. The standard InChI is InChI=1S/C35H24FNO5/c1-20(38)42-27-17-9-12-21-18-19-28-35(33(40)23-13-5-6-14-24(23)34(35)41)29(25-15-7-8-16-26(25)36)31(37(28)30(21)27)32(39)22-10-3-2-4-11-22/h2-19,28-29,31H,1H3/t28-,29+,31-/m0/s1. The number of halogens is 1. The van der Waals surface area contributed by atoms with Gasteiger partial charge in [-0.2, -0.15) is 0 Å². The van der Waals surface area contributed by atoms with Crippen LogP contribution in [0.25, 0.3) is 6.08 Å². The first-order valence-corrected chi connectivity index (χ1v) is 13.7. The van der Waals surface area contributed by atoms with Crippen LogP contribution >= 0.6 is 0 Å². The number of carbonyl (C=O) groups excluding carboxylic acids is 4. The third-order valence-electron chi connectivity index (χ3n) is 8.61. The van der Waals surface area contributed by atoms with Gasteiger partial charge in [-0.15, -0.1) is 0 Å². The van der Waals surface area contributed by atoms with Crippen molar-refractivity contribution in [3.63, 3.8) is 0 Å². The minimum absolute atomic E-state index is 0.0932. The molecule has 0 bridgehead atoms. The Labute approximate surface area is 241 Å². The van der Waals surface area contributed by atoms with E-state index in [1.807, 2.05) is 0 Å². The van der Waals surface area contributed by atoms with Crippen molar-refractivity contribution in [1.82, 2.24) is 0 Å². The number of rotatable bonds is 4. The molecule has 0 saturated carbocycles. The van der Waals surface area contributed by atoms with Crippen molar-refractivity contribution in [2.24, 2.45) is 5.41 Å². The number of anilines is 1. The van der Waals surface area contributed by atoms with E-state index in [1.54, 1.807) is 95.9 Å². The fourth-order valence-electron chi connectivity index (χ4n) is 7.06. The maximum absolute atomic E-state index is 15.9. The van der Waals surface area contributed by atoms with Gasteiger partial charge in [-0.1, -0.05) is 97.1 Å². The highest BCUT2D eigenvalue weighted by atomic mass is 19.1. The summed E-state index contributed by atoms with van der Waals surface area (Å²) in [5, 5.41) is 0. The van der Waals surface area contributed by atoms with Crippen LogP contribution in [0.4, 0.5) is 10.1 Å². The van der Waals surface area contributed by atoms with E-state index in [-0.39, 0.29) is 28.2 Å². The third-order valence-corrected chi connectivity index (χ3v) is 8.61. The van der Waals surface area contributed by atoms with Gasteiger partial charge in [0.2, 0.25) is 0 Å². The smallest absolute Gasteiger partial charge is 0.308 e. The number of carbonyl (C=O) groups is 4. The molecule has 2 aliphatic heterocycles. The highest BCUT2D eigenvalue weighted by Gasteiger charge is 2.72. The number of para-hydroxylation sites is 1. The first-order chi connectivity index (χ1) is 20.4. The van der Waals surface area contributed by atoms with E-state index in [9.17, 15) is 19.2 Å². The van der Waals surface area contributed by atoms with Crippen LogP contribution in [0.3, 0.4) is 0 Å².